The zero-order chi connectivity index (χ0) is 21.3. The first-order chi connectivity index (χ1) is 13.7. The number of aromatic nitrogens is 6. The van der Waals surface area contributed by atoms with Crippen LogP contribution in [0, 0.1) is 12.8 Å². The highest BCUT2D eigenvalue weighted by atomic mass is 16.2. The molecule has 0 saturated carbocycles. The number of aryl methyl sites for hydroxylation is 1. The van der Waals surface area contributed by atoms with E-state index in [1.165, 1.54) is 11.6 Å². The van der Waals surface area contributed by atoms with Gasteiger partial charge in [-0.15, -0.1) is 10.2 Å². The number of nitrogens with two attached hydrogens (primary N) is 1. The van der Waals surface area contributed by atoms with Crippen LogP contribution < -0.4 is 17.0 Å². The molecule has 10 nitrogen and oxygen atoms in total. The molecule has 0 amide bonds. The maximum Gasteiger partial charge on any atom is 0.332 e. The van der Waals surface area contributed by atoms with Crippen molar-refractivity contribution >= 4 is 11.6 Å². The first-order valence-electron chi connectivity index (χ1n) is 9.16. The fraction of sp³-hybridized carbons (Fsp3) is 0.368. The summed E-state index contributed by atoms with van der Waals surface area (Å²) in [4.78, 5) is 38.8. The smallest absolute Gasteiger partial charge is 0.332 e. The van der Waals surface area contributed by atoms with E-state index in [1.807, 2.05) is 45.0 Å². The van der Waals surface area contributed by atoms with Gasteiger partial charge in [-0.2, -0.15) is 4.80 Å². The molecule has 10 heteroatoms. The molecular weight excluding hydrogens is 374 g/mol. The summed E-state index contributed by atoms with van der Waals surface area (Å²) in [5.74, 6) is -0.267. The summed E-state index contributed by atoms with van der Waals surface area (Å²) >= 11 is 0. The van der Waals surface area contributed by atoms with Gasteiger partial charge in [0, 0.05) is 19.2 Å². The van der Waals surface area contributed by atoms with Gasteiger partial charge >= 0.3 is 5.69 Å². The van der Waals surface area contributed by atoms with E-state index in [1.54, 1.807) is 0 Å². The van der Waals surface area contributed by atoms with Crippen molar-refractivity contribution in [1.82, 2.24) is 29.3 Å². The molecule has 29 heavy (non-hydrogen) atoms. The van der Waals surface area contributed by atoms with E-state index in [0.29, 0.717) is 5.82 Å². The molecule has 0 aliphatic rings. The lowest BCUT2D eigenvalue weighted by atomic mass is 10.1. The predicted octanol–water partition coefficient (Wildman–Crippen LogP) is 0.630. The molecule has 2 aromatic heterocycles. The Hall–Kier alpha value is -3.56. The molecule has 0 aliphatic heterocycles. The summed E-state index contributed by atoms with van der Waals surface area (Å²) < 4.78 is 2.13. The highest BCUT2D eigenvalue weighted by Gasteiger charge is 2.23. The van der Waals surface area contributed by atoms with Crippen molar-refractivity contribution in [3.8, 4) is 11.4 Å². The monoisotopic (exact) mass is 397 g/mol. The van der Waals surface area contributed by atoms with Crippen LogP contribution in [-0.4, -0.2) is 35.1 Å². The lowest BCUT2D eigenvalue weighted by Crippen LogP contribution is -2.43. The van der Waals surface area contributed by atoms with Crippen molar-refractivity contribution in [3.63, 3.8) is 0 Å². The maximum atomic E-state index is 12.8. The number of ketones is 1. The number of carbonyl (C=O) groups is 1. The molecule has 0 aliphatic carbocycles. The van der Waals surface area contributed by atoms with Crippen LogP contribution in [0.15, 0.2) is 33.9 Å². The van der Waals surface area contributed by atoms with Gasteiger partial charge in [-0.25, -0.2) is 4.79 Å². The first-order valence-corrected chi connectivity index (χ1v) is 9.16. The Morgan fingerprint density at radius 3 is 2.45 bits per heavy atom. The molecule has 152 valence electrons. The van der Waals surface area contributed by atoms with E-state index in [-0.39, 0.29) is 30.4 Å². The van der Waals surface area contributed by atoms with Crippen LogP contribution in [0.1, 0.15) is 29.8 Å². The number of rotatable bonds is 6. The number of nitrogens with zero attached hydrogens (tertiary/aromatic N) is 6. The summed E-state index contributed by atoms with van der Waals surface area (Å²) in [7, 11) is 1.32. The minimum atomic E-state index is -0.739. The maximum absolute atomic E-state index is 12.8. The largest absolute Gasteiger partial charge is 0.384 e. The van der Waals surface area contributed by atoms with Gasteiger partial charge in [-0.1, -0.05) is 43.7 Å². The standard InChI is InChI=1S/C19H23N7O3/c1-11(2)9-25-16(20)15(18(28)24(4)19(25)29)14(27)10-26-22-17(21-23-26)13-7-5-12(3)6-8-13/h5-8,11H,9-10,20H2,1-4H3. The Morgan fingerprint density at radius 2 is 1.83 bits per heavy atom. The van der Waals surface area contributed by atoms with E-state index < -0.39 is 17.0 Å². The van der Waals surface area contributed by atoms with Crippen LogP contribution in [0.5, 0.6) is 0 Å². The number of tetrazole rings is 1. The van der Waals surface area contributed by atoms with Crippen molar-refractivity contribution in [1.29, 1.82) is 0 Å². The molecule has 0 unspecified atom stereocenters. The van der Waals surface area contributed by atoms with E-state index in [9.17, 15) is 14.4 Å². The molecule has 0 radical (unpaired) electrons. The van der Waals surface area contributed by atoms with Crippen molar-refractivity contribution in [2.45, 2.75) is 33.9 Å². The number of benzene rings is 1. The average Bonchev–Trinajstić information content (AvgIpc) is 3.12. The number of hydrogen-bond acceptors (Lipinski definition) is 7. The Kier molecular flexibility index (Phi) is 5.44. The summed E-state index contributed by atoms with van der Waals surface area (Å²) in [6, 6.07) is 7.55. The topological polar surface area (TPSA) is 131 Å². The van der Waals surface area contributed by atoms with Crippen LogP contribution in [0.2, 0.25) is 0 Å². The second-order valence-electron chi connectivity index (χ2n) is 7.34. The zero-order valence-electron chi connectivity index (χ0n) is 16.8. The van der Waals surface area contributed by atoms with Gasteiger partial charge in [0.15, 0.2) is 5.78 Å². The molecule has 0 bridgehead atoms. The Morgan fingerprint density at radius 1 is 1.17 bits per heavy atom. The molecule has 0 fully saturated rings. The van der Waals surface area contributed by atoms with E-state index in [0.717, 1.165) is 20.5 Å². The molecule has 0 saturated heterocycles. The Bertz CT molecular complexity index is 1170. The fourth-order valence-corrected chi connectivity index (χ4v) is 2.92. The molecule has 3 aromatic rings. The molecule has 3 rings (SSSR count). The lowest BCUT2D eigenvalue weighted by molar-refractivity contribution is 0.0959. The summed E-state index contributed by atoms with van der Waals surface area (Å²) in [6.07, 6.45) is 0. The molecule has 0 spiro atoms. The number of nitrogen functional groups attached to an aromatic ring is 1. The summed E-state index contributed by atoms with van der Waals surface area (Å²) in [5, 5.41) is 12.0. The predicted molar refractivity (Wildman–Crippen MR) is 108 cm³/mol. The third kappa shape index (κ3) is 4.00. The fourth-order valence-electron chi connectivity index (χ4n) is 2.92. The molecule has 2 heterocycles. The number of anilines is 1. The minimum Gasteiger partial charge on any atom is -0.384 e. The van der Waals surface area contributed by atoms with Gasteiger partial charge in [-0.3, -0.25) is 18.7 Å². The van der Waals surface area contributed by atoms with Gasteiger partial charge in [-0.05, 0) is 18.1 Å². The third-order valence-electron chi connectivity index (χ3n) is 4.46. The van der Waals surface area contributed by atoms with Crippen molar-refractivity contribution in [2.75, 3.05) is 5.73 Å². The van der Waals surface area contributed by atoms with Crippen molar-refractivity contribution in [2.24, 2.45) is 13.0 Å². The second-order valence-corrected chi connectivity index (χ2v) is 7.34. The first kappa shape index (κ1) is 20.2. The van der Waals surface area contributed by atoms with E-state index in [4.69, 9.17) is 5.73 Å². The SMILES string of the molecule is Cc1ccc(-c2nnn(CC(=O)c3c(N)n(CC(C)C)c(=O)n(C)c3=O)n2)cc1. The molecule has 1 aromatic carbocycles. The average molecular weight is 397 g/mol. The summed E-state index contributed by atoms with van der Waals surface area (Å²) in [6.45, 7) is 5.75. The second kappa shape index (κ2) is 7.82. The summed E-state index contributed by atoms with van der Waals surface area (Å²) in [5.41, 5.74) is 6.34. The quantitative estimate of drug-likeness (QED) is 0.604. The number of carbonyl (C=O) groups excluding carboxylic acids is 1. The van der Waals surface area contributed by atoms with Gasteiger partial charge in [0.05, 0.1) is 0 Å². The van der Waals surface area contributed by atoms with E-state index in [2.05, 4.69) is 15.4 Å². The zero-order valence-corrected chi connectivity index (χ0v) is 16.8. The highest BCUT2D eigenvalue weighted by molar-refractivity contribution is 5.99. The van der Waals surface area contributed by atoms with Gasteiger partial charge in [0.2, 0.25) is 5.82 Å². The third-order valence-corrected chi connectivity index (χ3v) is 4.46. The normalized spacial score (nSPS) is 11.2. The molecule has 2 N–H and O–H groups in total. The van der Waals surface area contributed by atoms with Gasteiger partial charge in [0.1, 0.15) is 17.9 Å². The molecular formula is C19H23N7O3. The number of hydrogen-bond donors (Lipinski definition) is 1. The van der Waals surface area contributed by atoms with Crippen LogP contribution in [0.4, 0.5) is 5.82 Å². The van der Waals surface area contributed by atoms with Crippen molar-refractivity contribution < 1.29 is 4.79 Å². The minimum absolute atomic E-state index is 0.101. The number of Topliss-reactive ketones (excluding diaryl/α,β-unsaturated/α-hetero) is 1. The Labute approximate surface area is 166 Å². The van der Waals surface area contributed by atoms with Gasteiger partial charge in [0.25, 0.3) is 5.56 Å². The van der Waals surface area contributed by atoms with Gasteiger partial charge < -0.3 is 5.73 Å². The van der Waals surface area contributed by atoms with Crippen LogP contribution in [0.3, 0.4) is 0 Å². The van der Waals surface area contributed by atoms with Crippen LogP contribution in [-0.2, 0) is 20.1 Å². The lowest BCUT2D eigenvalue weighted by Gasteiger charge is -2.15. The van der Waals surface area contributed by atoms with Crippen molar-refractivity contribution in [3.05, 3.63) is 56.2 Å². The van der Waals surface area contributed by atoms with Crippen LogP contribution >= 0.6 is 0 Å². The highest BCUT2D eigenvalue weighted by Crippen LogP contribution is 2.14. The van der Waals surface area contributed by atoms with Crippen LogP contribution in [0.25, 0.3) is 11.4 Å². The molecule has 0 atom stereocenters. The Balaban J connectivity index is 1.94. The van der Waals surface area contributed by atoms with E-state index >= 15 is 0 Å².